The van der Waals surface area contributed by atoms with Crippen molar-refractivity contribution < 1.29 is 9.53 Å². The van der Waals surface area contributed by atoms with Crippen LogP contribution in [-0.2, 0) is 4.74 Å². The molecule has 2 amide bonds. The average Bonchev–Trinajstić information content (AvgIpc) is 3.19. The predicted molar refractivity (Wildman–Crippen MR) is 115 cm³/mol. The third-order valence-corrected chi connectivity index (χ3v) is 6.77. The minimum Gasteiger partial charge on any atom is -0.379 e. The zero-order valence-corrected chi connectivity index (χ0v) is 17.9. The van der Waals surface area contributed by atoms with E-state index < -0.39 is 0 Å². The molecule has 0 radical (unpaired) electrons. The zero-order chi connectivity index (χ0) is 21.2. The van der Waals surface area contributed by atoms with Gasteiger partial charge in [0.2, 0.25) is 0 Å². The molecular weight excluding hydrogens is 398 g/mol. The standard InChI is InChI=1S/C21H31N7O3/c29-20-17-12-23-28(16-4-2-1-3-5-16)19(17)24-18(25-20)15-13-27(14-15)21(30)22-6-7-26-8-10-31-11-9-26/h12,15-16H,1-11,13-14H2,(H,22,30)(H,24,25,29). The summed E-state index contributed by atoms with van der Waals surface area (Å²) < 4.78 is 7.29. The first-order valence-corrected chi connectivity index (χ1v) is 11.5. The summed E-state index contributed by atoms with van der Waals surface area (Å²) in [7, 11) is 0. The van der Waals surface area contributed by atoms with Crippen molar-refractivity contribution in [1.82, 2.24) is 34.9 Å². The van der Waals surface area contributed by atoms with Crippen molar-refractivity contribution in [3.63, 3.8) is 0 Å². The van der Waals surface area contributed by atoms with E-state index in [0.29, 0.717) is 42.5 Å². The van der Waals surface area contributed by atoms with Gasteiger partial charge in [-0.05, 0) is 12.8 Å². The number of carbonyl (C=O) groups is 1. The lowest BCUT2D eigenvalue weighted by molar-refractivity contribution is 0.0384. The van der Waals surface area contributed by atoms with Crippen molar-refractivity contribution in [2.75, 3.05) is 52.5 Å². The minimum atomic E-state index is -0.143. The molecule has 2 aromatic heterocycles. The van der Waals surface area contributed by atoms with Crippen LogP contribution in [0, 0.1) is 0 Å². The molecule has 1 saturated carbocycles. The van der Waals surface area contributed by atoms with Gasteiger partial charge < -0.3 is 19.9 Å². The van der Waals surface area contributed by atoms with Crippen molar-refractivity contribution in [2.45, 2.75) is 44.1 Å². The molecule has 2 aliphatic heterocycles. The number of nitrogens with one attached hydrogen (secondary N) is 2. The number of hydrogen-bond donors (Lipinski definition) is 2. The van der Waals surface area contributed by atoms with Crippen molar-refractivity contribution in [3.8, 4) is 0 Å². The third kappa shape index (κ3) is 4.31. The lowest BCUT2D eigenvalue weighted by Crippen LogP contribution is -2.54. The Morgan fingerprint density at radius 1 is 1.19 bits per heavy atom. The molecule has 0 unspecified atom stereocenters. The van der Waals surface area contributed by atoms with Gasteiger partial charge in [0.15, 0.2) is 5.65 Å². The molecular formula is C21H31N7O3. The van der Waals surface area contributed by atoms with E-state index in [2.05, 4.69) is 20.3 Å². The molecule has 0 bridgehead atoms. The second-order valence-corrected chi connectivity index (χ2v) is 8.86. The monoisotopic (exact) mass is 429 g/mol. The summed E-state index contributed by atoms with van der Waals surface area (Å²) in [6.07, 6.45) is 7.46. The van der Waals surface area contributed by atoms with E-state index in [-0.39, 0.29) is 17.5 Å². The molecule has 0 spiro atoms. The largest absolute Gasteiger partial charge is 0.379 e. The fourth-order valence-electron chi connectivity index (χ4n) is 4.81. The normalized spacial score (nSPS) is 21.4. The Labute approximate surface area is 180 Å². The highest BCUT2D eigenvalue weighted by atomic mass is 16.5. The maximum absolute atomic E-state index is 12.6. The summed E-state index contributed by atoms with van der Waals surface area (Å²) >= 11 is 0. The highest BCUT2D eigenvalue weighted by Crippen LogP contribution is 2.30. The minimum absolute atomic E-state index is 0.0526. The lowest BCUT2D eigenvalue weighted by Gasteiger charge is -2.38. The number of ether oxygens (including phenoxy) is 1. The Bertz CT molecular complexity index is 969. The summed E-state index contributed by atoms with van der Waals surface area (Å²) in [4.78, 5) is 36.8. The van der Waals surface area contributed by atoms with Crippen LogP contribution in [-0.4, -0.2) is 88.1 Å². The van der Waals surface area contributed by atoms with Gasteiger partial charge in [0.05, 0.1) is 31.4 Å². The van der Waals surface area contributed by atoms with Gasteiger partial charge in [-0.1, -0.05) is 19.3 Å². The Kier molecular flexibility index (Phi) is 5.91. The first-order valence-electron chi connectivity index (χ1n) is 11.5. The highest BCUT2D eigenvalue weighted by molar-refractivity contribution is 5.76. The maximum atomic E-state index is 12.6. The zero-order valence-electron chi connectivity index (χ0n) is 17.9. The average molecular weight is 430 g/mol. The number of aromatic nitrogens is 4. The van der Waals surface area contributed by atoms with Gasteiger partial charge in [0.25, 0.3) is 5.56 Å². The number of H-pyrrole nitrogens is 1. The van der Waals surface area contributed by atoms with Crippen molar-refractivity contribution in [1.29, 1.82) is 0 Å². The predicted octanol–water partition coefficient (Wildman–Crippen LogP) is 1.07. The van der Waals surface area contributed by atoms with Crippen LogP contribution < -0.4 is 10.9 Å². The quantitative estimate of drug-likeness (QED) is 0.736. The summed E-state index contributed by atoms with van der Waals surface area (Å²) in [5, 5.41) is 8.03. The van der Waals surface area contributed by atoms with Crippen molar-refractivity contribution in [2.24, 2.45) is 0 Å². The van der Waals surface area contributed by atoms with Crippen LogP contribution in [0.3, 0.4) is 0 Å². The van der Waals surface area contributed by atoms with Gasteiger partial charge in [-0.2, -0.15) is 5.10 Å². The highest BCUT2D eigenvalue weighted by Gasteiger charge is 2.34. The van der Waals surface area contributed by atoms with Crippen LogP contribution in [0.15, 0.2) is 11.0 Å². The number of urea groups is 1. The Balaban J connectivity index is 1.19. The fraction of sp³-hybridized carbons (Fsp3) is 0.714. The van der Waals surface area contributed by atoms with Crippen molar-refractivity contribution >= 4 is 17.1 Å². The van der Waals surface area contributed by atoms with Crippen LogP contribution in [0.4, 0.5) is 4.79 Å². The smallest absolute Gasteiger partial charge is 0.317 e. The van der Waals surface area contributed by atoms with E-state index in [9.17, 15) is 9.59 Å². The number of aromatic amines is 1. The molecule has 5 rings (SSSR count). The van der Waals surface area contributed by atoms with Crippen LogP contribution in [0.5, 0.6) is 0 Å². The molecule has 2 aromatic rings. The van der Waals surface area contributed by atoms with E-state index in [4.69, 9.17) is 9.72 Å². The van der Waals surface area contributed by atoms with Crippen LogP contribution in [0.2, 0.25) is 0 Å². The molecule has 168 valence electrons. The fourth-order valence-corrected chi connectivity index (χ4v) is 4.81. The number of morpholine rings is 1. The van der Waals surface area contributed by atoms with Gasteiger partial charge in [-0.15, -0.1) is 0 Å². The van der Waals surface area contributed by atoms with Gasteiger partial charge >= 0.3 is 6.03 Å². The van der Waals surface area contributed by atoms with Gasteiger partial charge in [-0.3, -0.25) is 9.69 Å². The van der Waals surface area contributed by atoms with Gasteiger partial charge in [0.1, 0.15) is 11.2 Å². The van der Waals surface area contributed by atoms with E-state index >= 15 is 0 Å². The molecule has 10 heteroatoms. The SMILES string of the molecule is O=C(NCCN1CCOCC1)N1CC(c2nc3c(cnn3C3CCCCC3)c(=O)[nH]2)C1. The second kappa shape index (κ2) is 8.96. The lowest BCUT2D eigenvalue weighted by atomic mass is 9.96. The van der Waals surface area contributed by atoms with Gasteiger partial charge in [-0.25, -0.2) is 14.5 Å². The number of hydrogen-bond acceptors (Lipinski definition) is 6. The maximum Gasteiger partial charge on any atom is 0.317 e. The molecule has 3 fully saturated rings. The Hall–Kier alpha value is -2.46. The topological polar surface area (TPSA) is 108 Å². The van der Waals surface area contributed by atoms with Crippen LogP contribution in [0.25, 0.3) is 11.0 Å². The first kappa shape index (κ1) is 20.4. The van der Waals surface area contributed by atoms with Crippen LogP contribution in [0.1, 0.15) is 49.9 Å². The third-order valence-electron chi connectivity index (χ3n) is 6.77. The number of rotatable bonds is 5. The Morgan fingerprint density at radius 2 is 1.97 bits per heavy atom. The number of likely N-dealkylation sites (tertiary alicyclic amines) is 1. The Morgan fingerprint density at radius 3 is 2.74 bits per heavy atom. The molecule has 3 aliphatic rings. The number of amides is 2. The van der Waals surface area contributed by atoms with E-state index in [1.54, 1.807) is 11.1 Å². The van der Waals surface area contributed by atoms with Crippen molar-refractivity contribution in [3.05, 3.63) is 22.4 Å². The van der Waals surface area contributed by atoms with E-state index in [0.717, 1.165) is 45.7 Å². The molecule has 4 heterocycles. The molecule has 10 nitrogen and oxygen atoms in total. The van der Waals surface area contributed by atoms with E-state index in [1.807, 2.05) is 4.68 Å². The molecule has 0 atom stereocenters. The molecule has 2 N–H and O–H groups in total. The summed E-state index contributed by atoms with van der Waals surface area (Å²) in [5.41, 5.74) is 0.537. The molecule has 0 aromatic carbocycles. The number of fused-ring (bicyclic) bond motifs is 1. The second-order valence-electron chi connectivity index (χ2n) is 8.86. The van der Waals surface area contributed by atoms with Crippen LogP contribution >= 0.6 is 0 Å². The summed E-state index contributed by atoms with van der Waals surface area (Å²) in [5.74, 6) is 0.712. The van der Waals surface area contributed by atoms with Gasteiger partial charge in [0, 0.05) is 39.3 Å². The first-order chi connectivity index (χ1) is 15.2. The number of carbonyl (C=O) groups excluding carboxylic acids is 1. The summed E-state index contributed by atoms with van der Waals surface area (Å²) in [6, 6.07) is 0.267. The molecule has 2 saturated heterocycles. The van der Waals surface area contributed by atoms with E-state index in [1.165, 1.54) is 19.3 Å². The molecule has 31 heavy (non-hydrogen) atoms. The molecule has 1 aliphatic carbocycles. The number of nitrogens with zero attached hydrogens (tertiary/aromatic N) is 5. The summed E-state index contributed by atoms with van der Waals surface area (Å²) in [6.45, 7) is 5.95.